The summed E-state index contributed by atoms with van der Waals surface area (Å²) in [5.41, 5.74) is 0. The standard InChI is InChI=1S/C16H31N/c1-11(2)5-9-16(14-7-8-14)17-15-10-6-12(3)13(15)4/h11-17H,5-10H2,1-4H3. The molecule has 0 radical (unpaired) electrons. The lowest BCUT2D eigenvalue weighted by Crippen LogP contribution is -2.41. The zero-order chi connectivity index (χ0) is 12.4. The second-order valence-corrected chi connectivity index (χ2v) is 7.10. The number of hydrogen-bond donors (Lipinski definition) is 1. The second kappa shape index (κ2) is 5.73. The number of nitrogens with one attached hydrogen (secondary N) is 1. The lowest BCUT2D eigenvalue weighted by atomic mass is 9.95. The first-order valence-electron chi connectivity index (χ1n) is 7.84. The third-order valence-corrected chi connectivity index (χ3v) is 5.14. The summed E-state index contributed by atoms with van der Waals surface area (Å²) < 4.78 is 0. The van der Waals surface area contributed by atoms with Gasteiger partial charge in [-0.15, -0.1) is 0 Å². The van der Waals surface area contributed by atoms with Gasteiger partial charge < -0.3 is 5.32 Å². The minimum Gasteiger partial charge on any atom is -0.311 e. The van der Waals surface area contributed by atoms with Gasteiger partial charge in [-0.1, -0.05) is 27.7 Å². The van der Waals surface area contributed by atoms with Gasteiger partial charge in [-0.25, -0.2) is 0 Å². The van der Waals surface area contributed by atoms with Crippen molar-refractivity contribution in [1.29, 1.82) is 0 Å². The fraction of sp³-hybridized carbons (Fsp3) is 1.00. The maximum atomic E-state index is 4.01. The van der Waals surface area contributed by atoms with Crippen LogP contribution in [0.5, 0.6) is 0 Å². The van der Waals surface area contributed by atoms with Crippen LogP contribution in [0.4, 0.5) is 0 Å². The smallest absolute Gasteiger partial charge is 0.00981 e. The van der Waals surface area contributed by atoms with E-state index in [0.29, 0.717) is 0 Å². The zero-order valence-corrected chi connectivity index (χ0v) is 12.2. The summed E-state index contributed by atoms with van der Waals surface area (Å²) in [6.07, 6.45) is 8.59. The molecule has 17 heavy (non-hydrogen) atoms. The van der Waals surface area contributed by atoms with Crippen LogP contribution in [-0.4, -0.2) is 12.1 Å². The monoisotopic (exact) mass is 237 g/mol. The van der Waals surface area contributed by atoms with Crippen LogP contribution in [0.2, 0.25) is 0 Å². The van der Waals surface area contributed by atoms with Crippen LogP contribution < -0.4 is 5.32 Å². The van der Waals surface area contributed by atoms with E-state index in [4.69, 9.17) is 0 Å². The molecule has 1 N–H and O–H groups in total. The minimum absolute atomic E-state index is 0.808. The highest BCUT2D eigenvalue weighted by molar-refractivity contribution is 4.92. The maximum absolute atomic E-state index is 4.01. The van der Waals surface area contributed by atoms with Gasteiger partial charge in [0, 0.05) is 12.1 Å². The van der Waals surface area contributed by atoms with Gasteiger partial charge in [0.25, 0.3) is 0 Å². The lowest BCUT2D eigenvalue weighted by Gasteiger charge is -2.27. The molecular weight excluding hydrogens is 206 g/mol. The van der Waals surface area contributed by atoms with Crippen LogP contribution in [0.3, 0.4) is 0 Å². The van der Waals surface area contributed by atoms with E-state index >= 15 is 0 Å². The Kier molecular flexibility index (Phi) is 4.52. The third kappa shape index (κ3) is 3.71. The molecule has 2 aliphatic carbocycles. The van der Waals surface area contributed by atoms with Crippen molar-refractivity contribution in [2.75, 3.05) is 0 Å². The van der Waals surface area contributed by atoms with Crippen LogP contribution in [0.1, 0.15) is 66.2 Å². The average molecular weight is 237 g/mol. The van der Waals surface area contributed by atoms with Gasteiger partial charge in [-0.2, -0.15) is 0 Å². The molecule has 0 aliphatic heterocycles. The molecule has 0 amide bonds. The van der Waals surface area contributed by atoms with E-state index in [1.165, 1.54) is 38.5 Å². The summed E-state index contributed by atoms with van der Waals surface area (Å²) in [5.74, 6) is 3.68. The van der Waals surface area contributed by atoms with E-state index in [2.05, 4.69) is 33.0 Å². The summed E-state index contributed by atoms with van der Waals surface area (Å²) >= 11 is 0. The molecule has 2 aliphatic rings. The molecule has 0 aromatic heterocycles. The molecule has 4 atom stereocenters. The van der Waals surface area contributed by atoms with Crippen molar-refractivity contribution >= 4 is 0 Å². The lowest BCUT2D eigenvalue weighted by molar-refractivity contribution is 0.301. The van der Waals surface area contributed by atoms with Gasteiger partial charge in [0.2, 0.25) is 0 Å². The van der Waals surface area contributed by atoms with E-state index in [0.717, 1.165) is 35.8 Å². The molecule has 2 fully saturated rings. The molecule has 2 saturated carbocycles. The summed E-state index contributed by atoms with van der Waals surface area (Å²) in [4.78, 5) is 0. The molecule has 0 saturated heterocycles. The quantitative estimate of drug-likeness (QED) is 0.729. The van der Waals surface area contributed by atoms with Gasteiger partial charge in [0.1, 0.15) is 0 Å². The molecule has 4 unspecified atom stereocenters. The van der Waals surface area contributed by atoms with Gasteiger partial charge in [0.15, 0.2) is 0 Å². The van der Waals surface area contributed by atoms with E-state index in [-0.39, 0.29) is 0 Å². The maximum Gasteiger partial charge on any atom is 0.00981 e. The number of rotatable bonds is 6. The second-order valence-electron chi connectivity index (χ2n) is 7.10. The van der Waals surface area contributed by atoms with Crippen LogP contribution in [0, 0.1) is 23.7 Å². The van der Waals surface area contributed by atoms with E-state index in [1.807, 2.05) is 0 Å². The first-order chi connectivity index (χ1) is 8.08. The molecule has 0 bridgehead atoms. The van der Waals surface area contributed by atoms with Crippen LogP contribution in [0.25, 0.3) is 0 Å². The topological polar surface area (TPSA) is 12.0 Å². The summed E-state index contributed by atoms with van der Waals surface area (Å²) in [6, 6.07) is 1.64. The van der Waals surface area contributed by atoms with Crippen molar-refractivity contribution in [1.82, 2.24) is 5.32 Å². The first-order valence-corrected chi connectivity index (χ1v) is 7.84. The largest absolute Gasteiger partial charge is 0.311 e. The fourth-order valence-electron chi connectivity index (χ4n) is 3.34. The van der Waals surface area contributed by atoms with Crippen molar-refractivity contribution in [3.05, 3.63) is 0 Å². The molecule has 0 heterocycles. The highest BCUT2D eigenvalue weighted by Gasteiger charge is 2.36. The fourth-order valence-corrected chi connectivity index (χ4v) is 3.34. The predicted molar refractivity (Wildman–Crippen MR) is 75.1 cm³/mol. The van der Waals surface area contributed by atoms with E-state index < -0.39 is 0 Å². The Bertz CT molecular complexity index is 232. The van der Waals surface area contributed by atoms with Crippen molar-refractivity contribution in [3.63, 3.8) is 0 Å². The Hall–Kier alpha value is -0.0400. The molecule has 100 valence electrons. The van der Waals surface area contributed by atoms with Gasteiger partial charge >= 0.3 is 0 Å². The Morgan fingerprint density at radius 3 is 2.18 bits per heavy atom. The normalized spacial score (nSPS) is 35.5. The highest BCUT2D eigenvalue weighted by atomic mass is 15.0. The summed E-state index contributed by atoms with van der Waals surface area (Å²) in [7, 11) is 0. The van der Waals surface area contributed by atoms with Crippen molar-refractivity contribution in [2.24, 2.45) is 23.7 Å². The SMILES string of the molecule is CC(C)CCC(NC1CCC(C)C1C)C1CC1. The van der Waals surface area contributed by atoms with Gasteiger partial charge in [-0.3, -0.25) is 0 Å². The zero-order valence-electron chi connectivity index (χ0n) is 12.2. The van der Waals surface area contributed by atoms with Crippen molar-refractivity contribution < 1.29 is 0 Å². The Morgan fingerprint density at radius 2 is 1.71 bits per heavy atom. The van der Waals surface area contributed by atoms with Crippen LogP contribution >= 0.6 is 0 Å². The van der Waals surface area contributed by atoms with Crippen LogP contribution in [-0.2, 0) is 0 Å². The molecule has 1 nitrogen and oxygen atoms in total. The number of hydrogen-bond acceptors (Lipinski definition) is 1. The summed E-state index contributed by atoms with van der Waals surface area (Å²) in [6.45, 7) is 9.57. The van der Waals surface area contributed by atoms with Gasteiger partial charge in [0.05, 0.1) is 0 Å². The summed E-state index contributed by atoms with van der Waals surface area (Å²) in [5, 5.41) is 4.01. The van der Waals surface area contributed by atoms with Crippen molar-refractivity contribution in [2.45, 2.75) is 78.3 Å². The average Bonchev–Trinajstić information content (AvgIpc) is 3.06. The molecule has 0 spiro atoms. The molecule has 0 aromatic rings. The van der Waals surface area contributed by atoms with E-state index in [9.17, 15) is 0 Å². The first kappa shape index (κ1) is 13.4. The highest BCUT2D eigenvalue weighted by Crippen LogP contribution is 2.38. The van der Waals surface area contributed by atoms with Crippen molar-refractivity contribution in [3.8, 4) is 0 Å². The molecule has 2 rings (SSSR count). The van der Waals surface area contributed by atoms with Gasteiger partial charge in [-0.05, 0) is 62.2 Å². The Balaban J connectivity index is 1.81. The Morgan fingerprint density at radius 1 is 1.00 bits per heavy atom. The molecule has 1 heteroatoms. The predicted octanol–water partition coefficient (Wildman–Crippen LogP) is 4.23. The third-order valence-electron chi connectivity index (χ3n) is 5.14. The Labute approximate surface area is 108 Å². The minimum atomic E-state index is 0.808. The molecule has 0 aromatic carbocycles. The molecular formula is C16H31N. The van der Waals surface area contributed by atoms with E-state index in [1.54, 1.807) is 0 Å². The van der Waals surface area contributed by atoms with Crippen LogP contribution in [0.15, 0.2) is 0 Å².